The van der Waals surface area contributed by atoms with Crippen LogP contribution < -0.4 is 10.6 Å². The fraction of sp³-hybridized carbons (Fsp3) is 0.632. The summed E-state index contributed by atoms with van der Waals surface area (Å²) in [6, 6.07) is 8.34. The minimum Gasteiger partial charge on any atom is -0.444 e. The molecule has 1 aromatic carbocycles. The van der Waals surface area contributed by atoms with Gasteiger partial charge in [-0.05, 0) is 70.1 Å². The fourth-order valence-electron chi connectivity index (χ4n) is 3.20. The first kappa shape index (κ1) is 17.6. The van der Waals surface area contributed by atoms with Gasteiger partial charge in [0.25, 0.3) is 0 Å². The van der Waals surface area contributed by atoms with Crippen molar-refractivity contribution in [3.63, 3.8) is 0 Å². The van der Waals surface area contributed by atoms with Crippen LogP contribution in [0.3, 0.4) is 0 Å². The predicted molar refractivity (Wildman–Crippen MR) is 95.9 cm³/mol. The number of anilines is 2. The summed E-state index contributed by atoms with van der Waals surface area (Å²) in [6.07, 6.45) is 3.33. The second-order valence-electron chi connectivity index (χ2n) is 7.85. The van der Waals surface area contributed by atoms with Gasteiger partial charge in [-0.25, -0.2) is 4.79 Å². The summed E-state index contributed by atoms with van der Waals surface area (Å²) in [5.74, 6) is 1.49. The molecule has 1 saturated carbocycles. The van der Waals surface area contributed by atoms with E-state index in [1.54, 1.807) is 0 Å². The van der Waals surface area contributed by atoms with Crippen molar-refractivity contribution in [3.05, 3.63) is 24.3 Å². The molecular formula is C19H30N2O2. The number of carbonyl (C=O) groups is 1. The average Bonchev–Trinajstić information content (AvgIpc) is 2.40. The number of hydrogen-bond donors (Lipinski definition) is 2. The standard InChI is InChI=1S/C19H30N2O2/c1-13-9-10-17(14(2)11-13)20-15-7-6-8-16(12-15)21-18(22)23-19(3,4)5/h6-8,12-14,17,20H,9-11H2,1-5H3,(H,21,22). The molecule has 2 rings (SSSR count). The Labute approximate surface area is 140 Å². The number of rotatable bonds is 3. The van der Waals surface area contributed by atoms with E-state index in [9.17, 15) is 4.79 Å². The lowest BCUT2D eigenvalue weighted by Gasteiger charge is -2.34. The minimum absolute atomic E-state index is 0.422. The van der Waals surface area contributed by atoms with E-state index in [0.29, 0.717) is 12.0 Å². The summed E-state index contributed by atoms with van der Waals surface area (Å²) in [5.41, 5.74) is 1.31. The molecule has 3 unspecified atom stereocenters. The van der Waals surface area contributed by atoms with Crippen molar-refractivity contribution in [1.29, 1.82) is 0 Å². The quantitative estimate of drug-likeness (QED) is 0.798. The molecule has 0 spiro atoms. The van der Waals surface area contributed by atoms with Crippen molar-refractivity contribution in [3.8, 4) is 0 Å². The van der Waals surface area contributed by atoms with Gasteiger partial charge in [0.2, 0.25) is 0 Å². The first-order valence-electron chi connectivity index (χ1n) is 8.59. The predicted octanol–water partition coefficient (Wildman–Crippen LogP) is 5.27. The highest BCUT2D eigenvalue weighted by Crippen LogP contribution is 2.31. The lowest BCUT2D eigenvalue weighted by atomic mass is 9.80. The minimum atomic E-state index is -0.492. The molecule has 23 heavy (non-hydrogen) atoms. The molecule has 0 bridgehead atoms. The number of ether oxygens (including phenoxy) is 1. The highest BCUT2D eigenvalue weighted by molar-refractivity contribution is 5.85. The highest BCUT2D eigenvalue weighted by atomic mass is 16.6. The molecular weight excluding hydrogens is 288 g/mol. The molecule has 1 amide bonds. The van der Waals surface area contributed by atoms with E-state index in [1.807, 2.05) is 45.0 Å². The maximum atomic E-state index is 11.9. The van der Waals surface area contributed by atoms with Crippen LogP contribution in [0.1, 0.15) is 53.9 Å². The molecule has 0 aliphatic heterocycles. The Morgan fingerprint density at radius 3 is 2.52 bits per heavy atom. The molecule has 1 fully saturated rings. The Balaban J connectivity index is 1.96. The van der Waals surface area contributed by atoms with Crippen molar-refractivity contribution < 1.29 is 9.53 Å². The molecule has 4 nitrogen and oxygen atoms in total. The lowest BCUT2D eigenvalue weighted by Crippen LogP contribution is -2.33. The van der Waals surface area contributed by atoms with E-state index in [2.05, 4.69) is 24.5 Å². The van der Waals surface area contributed by atoms with Gasteiger partial charge in [-0.3, -0.25) is 5.32 Å². The molecule has 2 N–H and O–H groups in total. The van der Waals surface area contributed by atoms with Gasteiger partial charge in [-0.2, -0.15) is 0 Å². The SMILES string of the molecule is CC1CCC(Nc2cccc(NC(=O)OC(C)(C)C)c2)C(C)C1. The van der Waals surface area contributed by atoms with Crippen LogP contribution in [0.4, 0.5) is 16.2 Å². The van der Waals surface area contributed by atoms with Gasteiger partial charge in [0.1, 0.15) is 5.60 Å². The van der Waals surface area contributed by atoms with Crippen molar-refractivity contribution in [2.75, 3.05) is 10.6 Å². The maximum absolute atomic E-state index is 11.9. The van der Waals surface area contributed by atoms with Crippen molar-refractivity contribution in [2.45, 2.75) is 65.5 Å². The number of nitrogens with one attached hydrogen (secondary N) is 2. The molecule has 1 aromatic rings. The third-order valence-electron chi connectivity index (χ3n) is 4.29. The van der Waals surface area contributed by atoms with Crippen molar-refractivity contribution in [1.82, 2.24) is 0 Å². The van der Waals surface area contributed by atoms with Crippen LogP contribution >= 0.6 is 0 Å². The van der Waals surface area contributed by atoms with Gasteiger partial charge in [0.15, 0.2) is 0 Å². The number of hydrogen-bond acceptors (Lipinski definition) is 3. The fourth-order valence-corrected chi connectivity index (χ4v) is 3.20. The molecule has 128 valence electrons. The topological polar surface area (TPSA) is 50.4 Å². The number of benzene rings is 1. The largest absolute Gasteiger partial charge is 0.444 e. The normalized spacial score (nSPS) is 24.8. The molecule has 0 radical (unpaired) electrons. The average molecular weight is 318 g/mol. The van der Waals surface area contributed by atoms with E-state index in [1.165, 1.54) is 19.3 Å². The van der Waals surface area contributed by atoms with Crippen molar-refractivity contribution in [2.24, 2.45) is 11.8 Å². The van der Waals surface area contributed by atoms with E-state index < -0.39 is 11.7 Å². The maximum Gasteiger partial charge on any atom is 0.412 e. The van der Waals surface area contributed by atoms with Gasteiger partial charge < -0.3 is 10.1 Å². The molecule has 0 aromatic heterocycles. The van der Waals surface area contributed by atoms with Crippen LogP contribution in [-0.4, -0.2) is 17.7 Å². The Hall–Kier alpha value is -1.71. The zero-order valence-corrected chi connectivity index (χ0v) is 15.0. The summed E-state index contributed by atoms with van der Waals surface area (Å²) in [7, 11) is 0. The number of amides is 1. The van der Waals surface area contributed by atoms with E-state index in [-0.39, 0.29) is 0 Å². The van der Waals surface area contributed by atoms with E-state index >= 15 is 0 Å². The first-order valence-corrected chi connectivity index (χ1v) is 8.59. The van der Waals surface area contributed by atoms with Crippen LogP contribution in [-0.2, 0) is 4.74 Å². The van der Waals surface area contributed by atoms with Gasteiger partial charge in [0.05, 0.1) is 0 Å². The van der Waals surface area contributed by atoms with Crippen LogP contribution in [0.2, 0.25) is 0 Å². The van der Waals surface area contributed by atoms with Crippen molar-refractivity contribution >= 4 is 17.5 Å². The zero-order valence-electron chi connectivity index (χ0n) is 15.0. The molecule has 4 heteroatoms. The Morgan fingerprint density at radius 1 is 1.17 bits per heavy atom. The zero-order chi connectivity index (χ0) is 17.0. The third-order valence-corrected chi connectivity index (χ3v) is 4.29. The summed E-state index contributed by atoms with van der Waals surface area (Å²) in [4.78, 5) is 11.9. The van der Waals surface area contributed by atoms with Gasteiger partial charge in [-0.1, -0.05) is 19.9 Å². The second kappa shape index (κ2) is 7.24. The summed E-state index contributed by atoms with van der Waals surface area (Å²) >= 11 is 0. The first-order chi connectivity index (χ1) is 10.7. The smallest absolute Gasteiger partial charge is 0.412 e. The van der Waals surface area contributed by atoms with Gasteiger partial charge in [-0.15, -0.1) is 0 Å². The van der Waals surface area contributed by atoms with E-state index in [0.717, 1.165) is 17.3 Å². The van der Waals surface area contributed by atoms with Gasteiger partial charge in [0, 0.05) is 17.4 Å². The monoisotopic (exact) mass is 318 g/mol. The van der Waals surface area contributed by atoms with Crippen LogP contribution in [0.25, 0.3) is 0 Å². The Kier molecular flexibility index (Phi) is 5.55. The lowest BCUT2D eigenvalue weighted by molar-refractivity contribution is 0.0636. The Morgan fingerprint density at radius 2 is 1.87 bits per heavy atom. The molecule has 0 saturated heterocycles. The molecule has 1 aliphatic rings. The van der Waals surface area contributed by atoms with Gasteiger partial charge >= 0.3 is 6.09 Å². The number of carbonyl (C=O) groups excluding carboxylic acids is 1. The second-order valence-corrected chi connectivity index (χ2v) is 7.85. The molecule has 0 heterocycles. The van der Waals surface area contributed by atoms with Crippen LogP contribution in [0, 0.1) is 11.8 Å². The summed E-state index contributed by atoms with van der Waals surface area (Å²) in [5, 5.41) is 6.41. The van der Waals surface area contributed by atoms with E-state index in [4.69, 9.17) is 4.74 Å². The summed E-state index contributed by atoms with van der Waals surface area (Å²) in [6.45, 7) is 10.2. The highest BCUT2D eigenvalue weighted by Gasteiger charge is 2.25. The Bertz CT molecular complexity index is 536. The van der Waals surface area contributed by atoms with Crippen LogP contribution in [0.5, 0.6) is 0 Å². The molecule has 1 aliphatic carbocycles. The molecule has 3 atom stereocenters. The third kappa shape index (κ3) is 5.77. The summed E-state index contributed by atoms with van der Waals surface area (Å²) < 4.78 is 5.29. The van der Waals surface area contributed by atoms with Crippen LogP contribution in [0.15, 0.2) is 24.3 Å².